The molecule has 0 fully saturated rings. The topological polar surface area (TPSA) is 37.8 Å². The lowest BCUT2D eigenvalue weighted by Gasteiger charge is -2.05. The quantitative estimate of drug-likeness (QED) is 0.755. The molecule has 0 aliphatic heterocycles. The summed E-state index contributed by atoms with van der Waals surface area (Å²) in [6, 6.07) is 9.51. The van der Waals surface area contributed by atoms with Gasteiger partial charge in [0.15, 0.2) is 5.82 Å². The average molecular weight is 262 g/mol. The SMILES string of the molecule is Clc1ccc(Nc2ncnc3ccsc23)cc1. The molecule has 0 aliphatic rings. The Morgan fingerprint density at radius 1 is 1.06 bits per heavy atom. The van der Waals surface area contributed by atoms with Crippen LogP contribution in [-0.2, 0) is 0 Å². The third kappa shape index (κ3) is 2.09. The number of halogens is 1. The zero-order valence-electron chi connectivity index (χ0n) is 8.72. The molecule has 0 unspecified atom stereocenters. The molecule has 0 amide bonds. The Morgan fingerprint density at radius 3 is 2.71 bits per heavy atom. The number of hydrogen-bond acceptors (Lipinski definition) is 4. The van der Waals surface area contributed by atoms with E-state index in [4.69, 9.17) is 11.6 Å². The van der Waals surface area contributed by atoms with Crippen LogP contribution in [0.5, 0.6) is 0 Å². The van der Waals surface area contributed by atoms with E-state index in [-0.39, 0.29) is 0 Å². The first-order valence-electron chi connectivity index (χ1n) is 5.04. The number of nitrogens with zero attached hydrogens (tertiary/aromatic N) is 2. The zero-order chi connectivity index (χ0) is 11.7. The van der Waals surface area contributed by atoms with Gasteiger partial charge in [0.1, 0.15) is 6.33 Å². The third-order valence-corrected chi connectivity index (χ3v) is 3.51. The maximum Gasteiger partial charge on any atom is 0.151 e. The third-order valence-electron chi connectivity index (χ3n) is 2.35. The molecular weight excluding hydrogens is 254 g/mol. The van der Waals surface area contributed by atoms with Crippen LogP contribution >= 0.6 is 22.9 Å². The van der Waals surface area contributed by atoms with Crippen LogP contribution < -0.4 is 5.32 Å². The van der Waals surface area contributed by atoms with Gasteiger partial charge in [-0.2, -0.15) is 0 Å². The number of fused-ring (bicyclic) bond motifs is 1. The van der Waals surface area contributed by atoms with Gasteiger partial charge in [-0.15, -0.1) is 11.3 Å². The Hall–Kier alpha value is -1.65. The minimum Gasteiger partial charge on any atom is -0.339 e. The van der Waals surface area contributed by atoms with Gasteiger partial charge in [-0.1, -0.05) is 11.6 Å². The van der Waals surface area contributed by atoms with Crippen LogP contribution in [0.25, 0.3) is 10.2 Å². The first-order chi connectivity index (χ1) is 8.33. The van der Waals surface area contributed by atoms with Crippen LogP contribution in [0.4, 0.5) is 11.5 Å². The first-order valence-corrected chi connectivity index (χ1v) is 6.29. The predicted molar refractivity (Wildman–Crippen MR) is 72.1 cm³/mol. The van der Waals surface area contributed by atoms with Crippen molar-refractivity contribution in [2.45, 2.75) is 0 Å². The lowest BCUT2D eigenvalue weighted by atomic mass is 10.3. The molecule has 5 heteroatoms. The Morgan fingerprint density at radius 2 is 1.88 bits per heavy atom. The van der Waals surface area contributed by atoms with E-state index in [0.29, 0.717) is 0 Å². The summed E-state index contributed by atoms with van der Waals surface area (Å²) in [6.07, 6.45) is 1.56. The molecule has 1 N–H and O–H groups in total. The van der Waals surface area contributed by atoms with Gasteiger partial charge < -0.3 is 5.32 Å². The molecule has 0 saturated carbocycles. The van der Waals surface area contributed by atoms with Gasteiger partial charge in [0.25, 0.3) is 0 Å². The normalized spacial score (nSPS) is 10.6. The van der Waals surface area contributed by atoms with Crippen molar-refractivity contribution >= 4 is 44.7 Å². The summed E-state index contributed by atoms with van der Waals surface area (Å²) in [5.41, 5.74) is 1.92. The smallest absolute Gasteiger partial charge is 0.151 e. The summed E-state index contributed by atoms with van der Waals surface area (Å²) < 4.78 is 1.06. The molecule has 2 aromatic heterocycles. The van der Waals surface area contributed by atoms with Crippen LogP contribution in [0, 0.1) is 0 Å². The molecule has 84 valence electrons. The maximum atomic E-state index is 5.84. The number of benzene rings is 1. The molecule has 0 atom stereocenters. The summed E-state index contributed by atoms with van der Waals surface area (Å²) in [7, 11) is 0. The van der Waals surface area contributed by atoms with Gasteiger partial charge in [0.2, 0.25) is 0 Å². The summed E-state index contributed by atoms with van der Waals surface area (Å²) >= 11 is 7.46. The van der Waals surface area contributed by atoms with E-state index in [9.17, 15) is 0 Å². The largest absolute Gasteiger partial charge is 0.339 e. The Kier molecular flexibility index (Phi) is 2.66. The van der Waals surface area contributed by atoms with Crippen LogP contribution in [0.1, 0.15) is 0 Å². The molecular formula is C12H8ClN3S. The van der Waals surface area contributed by atoms with Crippen LogP contribution in [0.3, 0.4) is 0 Å². The number of hydrogen-bond donors (Lipinski definition) is 1. The number of aromatic nitrogens is 2. The summed E-state index contributed by atoms with van der Waals surface area (Å²) in [4.78, 5) is 8.45. The second-order valence-electron chi connectivity index (χ2n) is 3.49. The Balaban J connectivity index is 1.99. The van der Waals surface area contributed by atoms with Gasteiger partial charge in [0.05, 0.1) is 10.2 Å². The Labute approximate surface area is 107 Å². The molecule has 1 aromatic carbocycles. The van der Waals surface area contributed by atoms with E-state index in [0.717, 1.165) is 26.7 Å². The van der Waals surface area contributed by atoms with Crippen LogP contribution in [0.15, 0.2) is 42.0 Å². The second-order valence-corrected chi connectivity index (χ2v) is 4.84. The van der Waals surface area contributed by atoms with Gasteiger partial charge in [-0.25, -0.2) is 9.97 Å². The van der Waals surface area contributed by atoms with Crippen molar-refractivity contribution in [2.24, 2.45) is 0 Å². The van der Waals surface area contributed by atoms with Gasteiger partial charge >= 0.3 is 0 Å². The van der Waals surface area contributed by atoms with Crippen LogP contribution in [-0.4, -0.2) is 9.97 Å². The fourth-order valence-electron chi connectivity index (χ4n) is 1.55. The highest BCUT2D eigenvalue weighted by molar-refractivity contribution is 7.17. The molecule has 3 rings (SSSR count). The van der Waals surface area contributed by atoms with Crippen molar-refractivity contribution in [1.29, 1.82) is 0 Å². The minimum atomic E-state index is 0.722. The van der Waals surface area contributed by atoms with Gasteiger partial charge in [-0.3, -0.25) is 0 Å². The van der Waals surface area contributed by atoms with Crippen molar-refractivity contribution in [3.8, 4) is 0 Å². The number of anilines is 2. The molecule has 0 aliphatic carbocycles. The van der Waals surface area contributed by atoms with E-state index < -0.39 is 0 Å². The van der Waals surface area contributed by atoms with Crippen LogP contribution in [0.2, 0.25) is 5.02 Å². The maximum absolute atomic E-state index is 5.84. The second kappa shape index (κ2) is 4.31. The van der Waals surface area contributed by atoms with Gasteiger partial charge in [-0.05, 0) is 35.7 Å². The molecule has 0 saturated heterocycles. The molecule has 17 heavy (non-hydrogen) atoms. The van der Waals surface area contributed by atoms with Crippen molar-refractivity contribution in [3.05, 3.63) is 47.1 Å². The highest BCUT2D eigenvalue weighted by atomic mass is 35.5. The lowest BCUT2D eigenvalue weighted by molar-refractivity contribution is 1.23. The molecule has 0 bridgehead atoms. The van der Waals surface area contributed by atoms with Crippen molar-refractivity contribution < 1.29 is 0 Å². The standard InChI is InChI=1S/C12H8ClN3S/c13-8-1-3-9(4-2-8)16-12-11-10(5-6-17-11)14-7-15-12/h1-7H,(H,14,15,16). The minimum absolute atomic E-state index is 0.722. The Bertz CT molecular complexity index is 648. The monoisotopic (exact) mass is 261 g/mol. The summed E-state index contributed by atoms with van der Waals surface area (Å²) in [5, 5.41) is 5.99. The first kappa shape index (κ1) is 10.5. The molecule has 0 spiro atoms. The molecule has 3 aromatic rings. The van der Waals surface area contributed by atoms with Crippen molar-refractivity contribution in [3.63, 3.8) is 0 Å². The summed E-state index contributed by atoms with van der Waals surface area (Å²) in [6.45, 7) is 0. The summed E-state index contributed by atoms with van der Waals surface area (Å²) in [5.74, 6) is 0.826. The molecule has 3 nitrogen and oxygen atoms in total. The van der Waals surface area contributed by atoms with Gasteiger partial charge in [0, 0.05) is 10.7 Å². The highest BCUT2D eigenvalue weighted by Gasteiger charge is 2.04. The fourth-order valence-corrected chi connectivity index (χ4v) is 2.46. The fraction of sp³-hybridized carbons (Fsp3) is 0. The lowest BCUT2D eigenvalue weighted by Crippen LogP contribution is -1.93. The number of rotatable bonds is 2. The number of thiophene rings is 1. The van der Waals surface area contributed by atoms with E-state index in [1.807, 2.05) is 35.7 Å². The van der Waals surface area contributed by atoms with E-state index in [2.05, 4.69) is 15.3 Å². The van der Waals surface area contributed by atoms with E-state index in [1.54, 1.807) is 17.7 Å². The van der Waals surface area contributed by atoms with E-state index in [1.165, 1.54) is 0 Å². The molecule has 2 heterocycles. The number of nitrogens with one attached hydrogen (secondary N) is 1. The zero-order valence-corrected chi connectivity index (χ0v) is 10.3. The van der Waals surface area contributed by atoms with E-state index >= 15 is 0 Å². The highest BCUT2D eigenvalue weighted by Crippen LogP contribution is 2.27. The molecule has 0 radical (unpaired) electrons. The predicted octanol–water partition coefficient (Wildman–Crippen LogP) is 4.09. The van der Waals surface area contributed by atoms with Crippen molar-refractivity contribution in [2.75, 3.05) is 5.32 Å². The van der Waals surface area contributed by atoms with Crippen molar-refractivity contribution in [1.82, 2.24) is 9.97 Å². The average Bonchev–Trinajstić information content (AvgIpc) is 2.81.